The molecule has 3 rings (SSSR count). The molecule has 6 nitrogen and oxygen atoms in total. The van der Waals surface area contributed by atoms with Gasteiger partial charge in [0.25, 0.3) is 11.6 Å². The maximum absolute atomic E-state index is 12.7. The second kappa shape index (κ2) is 8.97. The van der Waals surface area contributed by atoms with Gasteiger partial charge in [-0.1, -0.05) is 49.2 Å². The predicted molar refractivity (Wildman–Crippen MR) is 109 cm³/mol. The van der Waals surface area contributed by atoms with Crippen LogP contribution in [0.1, 0.15) is 47.6 Å². The highest BCUT2D eigenvalue weighted by molar-refractivity contribution is 5.94. The van der Waals surface area contributed by atoms with Gasteiger partial charge >= 0.3 is 0 Å². The number of nitro groups is 1. The fourth-order valence-corrected chi connectivity index (χ4v) is 4.35. The van der Waals surface area contributed by atoms with E-state index in [0.29, 0.717) is 11.1 Å². The maximum atomic E-state index is 12.7. The Balaban J connectivity index is 1.90. The molecular formula is C22H27N3O3. The third-order valence-corrected chi connectivity index (χ3v) is 5.59. The minimum Gasteiger partial charge on any atom is -0.349 e. The highest BCUT2D eigenvalue weighted by Gasteiger charge is 2.37. The van der Waals surface area contributed by atoms with E-state index in [-0.39, 0.29) is 34.5 Å². The average Bonchev–Trinajstić information content (AvgIpc) is 2.70. The molecule has 0 saturated heterocycles. The molecule has 0 aromatic heterocycles. The van der Waals surface area contributed by atoms with Gasteiger partial charge in [-0.15, -0.1) is 0 Å². The van der Waals surface area contributed by atoms with Gasteiger partial charge < -0.3 is 10.2 Å². The van der Waals surface area contributed by atoms with E-state index in [9.17, 15) is 14.9 Å². The zero-order valence-corrected chi connectivity index (χ0v) is 16.4. The van der Waals surface area contributed by atoms with Gasteiger partial charge in [0.05, 0.1) is 4.92 Å². The van der Waals surface area contributed by atoms with Crippen LogP contribution in [0, 0.1) is 16.0 Å². The van der Waals surface area contributed by atoms with Gasteiger partial charge in [-0.3, -0.25) is 14.9 Å². The minimum atomic E-state index is -0.313. The summed E-state index contributed by atoms with van der Waals surface area (Å²) in [7, 11) is 3.90. The number of nitrogens with zero attached hydrogens (tertiary/aromatic N) is 2. The van der Waals surface area contributed by atoms with Crippen molar-refractivity contribution < 1.29 is 9.72 Å². The summed E-state index contributed by atoms with van der Waals surface area (Å²) in [5.74, 6) is 0.0232. The fraction of sp³-hybridized carbons (Fsp3) is 0.409. The lowest BCUT2D eigenvalue weighted by atomic mass is 9.76. The molecule has 1 aliphatic rings. The van der Waals surface area contributed by atoms with E-state index >= 15 is 0 Å². The second-order valence-corrected chi connectivity index (χ2v) is 7.62. The van der Waals surface area contributed by atoms with Crippen molar-refractivity contribution in [3.8, 4) is 0 Å². The number of carbonyl (C=O) groups is 1. The molecule has 28 heavy (non-hydrogen) atoms. The average molecular weight is 381 g/mol. The molecule has 0 aliphatic heterocycles. The Morgan fingerprint density at radius 1 is 1.07 bits per heavy atom. The Morgan fingerprint density at radius 2 is 1.71 bits per heavy atom. The van der Waals surface area contributed by atoms with E-state index < -0.39 is 0 Å². The molecule has 3 unspecified atom stereocenters. The van der Waals surface area contributed by atoms with E-state index in [2.05, 4.69) is 5.32 Å². The third-order valence-electron chi connectivity index (χ3n) is 5.59. The van der Waals surface area contributed by atoms with Crippen LogP contribution >= 0.6 is 0 Å². The van der Waals surface area contributed by atoms with Crippen LogP contribution in [0.15, 0.2) is 54.6 Å². The van der Waals surface area contributed by atoms with E-state index in [1.54, 1.807) is 24.3 Å². The van der Waals surface area contributed by atoms with Gasteiger partial charge in [0, 0.05) is 29.3 Å². The first-order valence-corrected chi connectivity index (χ1v) is 9.74. The number of benzene rings is 2. The minimum absolute atomic E-state index is 0.0198. The predicted octanol–water partition coefficient (Wildman–Crippen LogP) is 4.19. The first-order valence-electron chi connectivity index (χ1n) is 9.74. The van der Waals surface area contributed by atoms with E-state index in [1.165, 1.54) is 0 Å². The maximum Gasteiger partial charge on any atom is 0.274 e. The number of rotatable bonds is 6. The largest absolute Gasteiger partial charge is 0.349 e. The monoisotopic (exact) mass is 381 g/mol. The summed E-state index contributed by atoms with van der Waals surface area (Å²) in [6, 6.07) is 16.0. The lowest BCUT2D eigenvalue weighted by Gasteiger charge is -2.40. The Morgan fingerprint density at radius 3 is 2.39 bits per heavy atom. The molecule has 6 heteroatoms. The van der Waals surface area contributed by atoms with Crippen molar-refractivity contribution in [3.05, 3.63) is 75.8 Å². The molecule has 148 valence electrons. The molecule has 2 aromatic rings. The standard InChI is InChI=1S/C22H27N3O3/c1-24(2)21(18-13-7-9-15-20(18)25(27)28)17-12-6-8-14-19(17)23-22(26)16-10-4-3-5-11-16/h3-5,7,9-11,13,15,17,19,21H,6,8,12,14H2,1-2H3,(H,23,26). The topological polar surface area (TPSA) is 75.5 Å². The second-order valence-electron chi connectivity index (χ2n) is 7.62. The number of hydrogen-bond donors (Lipinski definition) is 1. The number of nitrogens with one attached hydrogen (secondary N) is 1. The lowest BCUT2D eigenvalue weighted by Crippen LogP contribution is -2.47. The number of amides is 1. The molecule has 1 amide bonds. The van der Waals surface area contributed by atoms with Crippen molar-refractivity contribution >= 4 is 11.6 Å². The quantitative estimate of drug-likeness (QED) is 0.601. The fourth-order valence-electron chi connectivity index (χ4n) is 4.35. The van der Waals surface area contributed by atoms with Crippen LogP contribution in [0.25, 0.3) is 0 Å². The molecule has 3 atom stereocenters. The van der Waals surface area contributed by atoms with Crippen molar-refractivity contribution in [1.29, 1.82) is 0 Å². The Hall–Kier alpha value is -2.73. The summed E-state index contributed by atoms with van der Waals surface area (Å²) in [5.41, 5.74) is 1.49. The SMILES string of the molecule is CN(C)C(c1ccccc1[N+](=O)[O-])C1CCCCC1NC(=O)c1ccccc1. The van der Waals surface area contributed by atoms with Gasteiger partial charge in [-0.25, -0.2) is 0 Å². The smallest absolute Gasteiger partial charge is 0.274 e. The Labute approximate surface area is 165 Å². The summed E-state index contributed by atoms with van der Waals surface area (Å²) in [5, 5.41) is 14.8. The molecule has 1 aliphatic carbocycles. The van der Waals surface area contributed by atoms with Crippen molar-refractivity contribution in [3.63, 3.8) is 0 Å². The number of para-hydroxylation sites is 1. The first-order chi connectivity index (χ1) is 13.5. The Kier molecular flexibility index (Phi) is 6.41. The molecule has 0 heterocycles. The zero-order valence-electron chi connectivity index (χ0n) is 16.4. The molecule has 1 saturated carbocycles. The van der Waals surface area contributed by atoms with Gasteiger partial charge in [0.15, 0.2) is 0 Å². The summed E-state index contributed by atoms with van der Waals surface area (Å²) in [6.45, 7) is 0. The van der Waals surface area contributed by atoms with Crippen molar-refractivity contribution in [2.24, 2.45) is 5.92 Å². The van der Waals surface area contributed by atoms with Crippen molar-refractivity contribution in [2.75, 3.05) is 14.1 Å². The van der Waals surface area contributed by atoms with Crippen LogP contribution in [-0.4, -0.2) is 35.9 Å². The van der Waals surface area contributed by atoms with E-state index in [0.717, 1.165) is 25.7 Å². The number of hydrogen-bond acceptors (Lipinski definition) is 4. The molecule has 0 bridgehead atoms. The first kappa shape index (κ1) is 20.0. The van der Waals surface area contributed by atoms with E-state index in [1.807, 2.05) is 49.3 Å². The molecule has 2 aromatic carbocycles. The molecule has 1 fully saturated rings. The van der Waals surface area contributed by atoms with Crippen LogP contribution < -0.4 is 5.32 Å². The van der Waals surface area contributed by atoms with E-state index in [4.69, 9.17) is 0 Å². The number of carbonyl (C=O) groups excluding carboxylic acids is 1. The van der Waals surface area contributed by atoms with Crippen LogP contribution in [0.3, 0.4) is 0 Å². The van der Waals surface area contributed by atoms with Crippen LogP contribution in [0.2, 0.25) is 0 Å². The molecular weight excluding hydrogens is 354 g/mol. The summed E-state index contributed by atoms with van der Waals surface area (Å²) >= 11 is 0. The summed E-state index contributed by atoms with van der Waals surface area (Å²) in [6.07, 6.45) is 3.92. The molecule has 1 N–H and O–H groups in total. The van der Waals surface area contributed by atoms with Gasteiger partial charge in [0.2, 0.25) is 0 Å². The zero-order chi connectivity index (χ0) is 20.1. The molecule has 0 spiro atoms. The lowest BCUT2D eigenvalue weighted by molar-refractivity contribution is -0.386. The van der Waals surface area contributed by atoms with Gasteiger partial charge in [0.1, 0.15) is 0 Å². The van der Waals surface area contributed by atoms with Crippen LogP contribution in [0.4, 0.5) is 5.69 Å². The van der Waals surface area contributed by atoms with Crippen LogP contribution in [-0.2, 0) is 0 Å². The van der Waals surface area contributed by atoms with Gasteiger partial charge in [-0.2, -0.15) is 0 Å². The molecule has 0 radical (unpaired) electrons. The highest BCUT2D eigenvalue weighted by Crippen LogP contribution is 2.40. The van der Waals surface area contributed by atoms with Crippen molar-refractivity contribution in [1.82, 2.24) is 10.2 Å². The number of nitro benzene ring substituents is 1. The third kappa shape index (κ3) is 4.39. The Bertz CT molecular complexity index is 823. The van der Waals surface area contributed by atoms with Gasteiger partial charge in [-0.05, 0) is 45.0 Å². The summed E-state index contributed by atoms with van der Waals surface area (Å²) < 4.78 is 0. The van der Waals surface area contributed by atoms with Crippen molar-refractivity contribution in [2.45, 2.75) is 37.8 Å². The normalized spacial score (nSPS) is 20.5. The summed E-state index contributed by atoms with van der Waals surface area (Å²) in [4.78, 5) is 26.1. The van der Waals surface area contributed by atoms with Crippen LogP contribution in [0.5, 0.6) is 0 Å². The highest BCUT2D eigenvalue weighted by atomic mass is 16.6.